The number of hydrogen-bond acceptors (Lipinski definition) is 3. The fourth-order valence-corrected chi connectivity index (χ4v) is 3.40. The molecule has 0 spiro atoms. The molecule has 140 valence electrons. The molecule has 5 heteroatoms. The molecule has 0 radical (unpaired) electrons. The van der Waals surface area contributed by atoms with Crippen LogP contribution in [0.25, 0.3) is 11.1 Å². The molecule has 0 aliphatic carbocycles. The van der Waals surface area contributed by atoms with Crippen molar-refractivity contribution in [1.82, 2.24) is 0 Å². The second kappa shape index (κ2) is 7.66. The van der Waals surface area contributed by atoms with E-state index in [0.717, 1.165) is 27.9 Å². The molecule has 3 aromatic carbocycles. The smallest absolute Gasteiger partial charge is 0.253 e. The standard InChI is InChI=1S/C23H20N2O3/c24-23(27)19-8-4-7-17(11-19)18-9-10-21-20(12-18)14-28-15-22(26)25(21)13-16-5-2-1-3-6-16/h1-12H,13-15H2,(H2,24,27). The third-order valence-electron chi connectivity index (χ3n) is 4.82. The lowest BCUT2D eigenvalue weighted by molar-refractivity contribution is -0.123. The van der Waals surface area contributed by atoms with Gasteiger partial charge < -0.3 is 15.4 Å². The number of amides is 2. The van der Waals surface area contributed by atoms with Gasteiger partial charge >= 0.3 is 0 Å². The zero-order chi connectivity index (χ0) is 19.5. The van der Waals surface area contributed by atoms with Crippen LogP contribution in [0.1, 0.15) is 21.5 Å². The number of carbonyl (C=O) groups excluding carboxylic acids is 2. The van der Waals surface area contributed by atoms with Gasteiger partial charge in [-0.1, -0.05) is 48.5 Å². The fraction of sp³-hybridized carbons (Fsp3) is 0.130. The number of ether oxygens (including phenoxy) is 1. The third kappa shape index (κ3) is 3.66. The summed E-state index contributed by atoms with van der Waals surface area (Å²) >= 11 is 0. The quantitative estimate of drug-likeness (QED) is 0.762. The second-order valence-corrected chi connectivity index (χ2v) is 6.75. The molecule has 3 aromatic rings. The van der Waals surface area contributed by atoms with Gasteiger partial charge in [0, 0.05) is 16.8 Å². The highest BCUT2D eigenvalue weighted by Crippen LogP contribution is 2.31. The van der Waals surface area contributed by atoms with Crippen LogP contribution in [0.3, 0.4) is 0 Å². The number of nitrogens with two attached hydrogens (primary N) is 1. The minimum absolute atomic E-state index is 0.0496. The minimum Gasteiger partial charge on any atom is -0.367 e. The average molecular weight is 372 g/mol. The first kappa shape index (κ1) is 17.9. The molecule has 0 unspecified atom stereocenters. The van der Waals surface area contributed by atoms with Crippen molar-refractivity contribution in [2.75, 3.05) is 11.5 Å². The number of benzene rings is 3. The number of nitrogens with zero attached hydrogens (tertiary/aromatic N) is 1. The SMILES string of the molecule is NC(=O)c1cccc(-c2ccc3c(c2)COCC(=O)N3Cc2ccccc2)c1. The molecule has 2 N–H and O–H groups in total. The van der Waals surface area contributed by atoms with Crippen molar-refractivity contribution in [3.8, 4) is 11.1 Å². The Hall–Kier alpha value is -3.44. The van der Waals surface area contributed by atoms with Gasteiger partial charge in [-0.25, -0.2) is 0 Å². The molecule has 0 saturated carbocycles. The van der Waals surface area contributed by atoms with E-state index in [1.807, 2.05) is 60.7 Å². The molecule has 5 nitrogen and oxygen atoms in total. The lowest BCUT2D eigenvalue weighted by Crippen LogP contribution is -2.32. The summed E-state index contributed by atoms with van der Waals surface area (Å²) in [6, 6.07) is 23.0. The molecule has 0 atom stereocenters. The number of rotatable bonds is 4. The summed E-state index contributed by atoms with van der Waals surface area (Å²) in [4.78, 5) is 25.8. The van der Waals surface area contributed by atoms with E-state index in [9.17, 15) is 9.59 Å². The number of fused-ring (bicyclic) bond motifs is 1. The monoisotopic (exact) mass is 372 g/mol. The van der Waals surface area contributed by atoms with Gasteiger partial charge in [0.2, 0.25) is 5.91 Å². The van der Waals surface area contributed by atoms with E-state index >= 15 is 0 Å². The van der Waals surface area contributed by atoms with Gasteiger partial charge in [-0.15, -0.1) is 0 Å². The maximum atomic E-state index is 12.6. The van der Waals surface area contributed by atoms with E-state index in [2.05, 4.69) is 0 Å². The highest BCUT2D eigenvalue weighted by atomic mass is 16.5. The summed E-state index contributed by atoms with van der Waals surface area (Å²) in [7, 11) is 0. The van der Waals surface area contributed by atoms with Crippen molar-refractivity contribution in [1.29, 1.82) is 0 Å². The van der Waals surface area contributed by atoms with Gasteiger partial charge in [0.05, 0.1) is 13.2 Å². The number of primary amides is 1. The van der Waals surface area contributed by atoms with Gasteiger partial charge in [-0.3, -0.25) is 9.59 Å². The highest BCUT2D eigenvalue weighted by Gasteiger charge is 2.23. The van der Waals surface area contributed by atoms with Crippen molar-refractivity contribution in [2.45, 2.75) is 13.2 Å². The second-order valence-electron chi connectivity index (χ2n) is 6.75. The maximum Gasteiger partial charge on any atom is 0.253 e. The van der Waals surface area contributed by atoms with Crippen LogP contribution < -0.4 is 10.6 Å². The summed E-state index contributed by atoms with van der Waals surface area (Å²) in [5, 5.41) is 0. The Bertz CT molecular complexity index is 1030. The first-order chi connectivity index (χ1) is 13.6. The van der Waals surface area contributed by atoms with E-state index < -0.39 is 5.91 Å². The molecule has 28 heavy (non-hydrogen) atoms. The molecular formula is C23H20N2O3. The lowest BCUT2D eigenvalue weighted by Gasteiger charge is -2.23. The van der Waals surface area contributed by atoms with Gasteiger partial charge in [0.15, 0.2) is 0 Å². The Morgan fingerprint density at radius 3 is 2.50 bits per heavy atom. The predicted molar refractivity (Wildman–Crippen MR) is 108 cm³/mol. The van der Waals surface area contributed by atoms with E-state index in [1.165, 1.54) is 0 Å². The summed E-state index contributed by atoms with van der Waals surface area (Å²) in [5.41, 5.74) is 10.5. The first-order valence-electron chi connectivity index (χ1n) is 9.07. The molecule has 0 saturated heterocycles. The molecule has 4 rings (SSSR count). The van der Waals surface area contributed by atoms with Gasteiger partial charge in [0.25, 0.3) is 5.91 Å². The molecule has 1 heterocycles. The van der Waals surface area contributed by atoms with Crippen LogP contribution >= 0.6 is 0 Å². The Balaban J connectivity index is 1.71. The van der Waals surface area contributed by atoms with E-state index in [0.29, 0.717) is 18.7 Å². The predicted octanol–water partition coefficient (Wildman–Crippen LogP) is 3.52. The third-order valence-corrected chi connectivity index (χ3v) is 4.82. The van der Waals surface area contributed by atoms with Gasteiger partial charge in [-0.2, -0.15) is 0 Å². The van der Waals surface area contributed by atoms with Crippen LogP contribution in [0.5, 0.6) is 0 Å². The Labute approximate surface area is 163 Å². The Morgan fingerprint density at radius 2 is 1.71 bits per heavy atom. The summed E-state index contributed by atoms with van der Waals surface area (Å²) in [6.45, 7) is 0.899. The molecule has 0 bridgehead atoms. The maximum absolute atomic E-state index is 12.6. The molecule has 1 aliphatic rings. The van der Waals surface area contributed by atoms with Gasteiger partial charge in [0.1, 0.15) is 6.61 Å². The number of carbonyl (C=O) groups is 2. The van der Waals surface area contributed by atoms with Crippen LogP contribution in [-0.2, 0) is 22.7 Å². The van der Waals surface area contributed by atoms with Crippen LogP contribution in [0.2, 0.25) is 0 Å². The van der Waals surface area contributed by atoms with E-state index in [1.54, 1.807) is 17.0 Å². The molecule has 0 fully saturated rings. The van der Waals surface area contributed by atoms with Crippen LogP contribution in [0.4, 0.5) is 5.69 Å². The highest BCUT2D eigenvalue weighted by molar-refractivity contribution is 5.96. The van der Waals surface area contributed by atoms with E-state index in [-0.39, 0.29) is 12.5 Å². The van der Waals surface area contributed by atoms with Crippen molar-refractivity contribution >= 4 is 17.5 Å². The van der Waals surface area contributed by atoms with E-state index in [4.69, 9.17) is 10.5 Å². The van der Waals surface area contributed by atoms with Crippen molar-refractivity contribution in [3.05, 3.63) is 89.5 Å². The van der Waals surface area contributed by atoms with Gasteiger partial charge in [-0.05, 0) is 41.0 Å². The van der Waals surface area contributed by atoms with Crippen LogP contribution in [-0.4, -0.2) is 18.4 Å². The largest absolute Gasteiger partial charge is 0.367 e. The van der Waals surface area contributed by atoms with Crippen LogP contribution in [0, 0.1) is 0 Å². The zero-order valence-electron chi connectivity index (χ0n) is 15.3. The topological polar surface area (TPSA) is 72.6 Å². The first-order valence-corrected chi connectivity index (χ1v) is 9.07. The van der Waals surface area contributed by atoms with Crippen molar-refractivity contribution in [2.24, 2.45) is 5.73 Å². The lowest BCUT2D eigenvalue weighted by atomic mass is 9.99. The van der Waals surface area contributed by atoms with Crippen LogP contribution in [0.15, 0.2) is 72.8 Å². The minimum atomic E-state index is -0.459. The number of anilines is 1. The van der Waals surface area contributed by atoms with Crippen molar-refractivity contribution in [3.63, 3.8) is 0 Å². The summed E-state index contributed by atoms with van der Waals surface area (Å²) < 4.78 is 5.59. The average Bonchev–Trinajstić information content (AvgIpc) is 2.87. The molecule has 1 aliphatic heterocycles. The fourth-order valence-electron chi connectivity index (χ4n) is 3.40. The normalized spacial score (nSPS) is 13.7. The Kier molecular flexibility index (Phi) is 4.91. The summed E-state index contributed by atoms with van der Waals surface area (Å²) in [6.07, 6.45) is 0. The number of hydrogen-bond donors (Lipinski definition) is 1. The van der Waals surface area contributed by atoms with Crippen molar-refractivity contribution < 1.29 is 14.3 Å². The molecule has 0 aromatic heterocycles. The summed E-state index contributed by atoms with van der Waals surface area (Å²) in [5.74, 6) is -0.523. The zero-order valence-corrected chi connectivity index (χ0v) is 15.3. The molecular weight excluding hydrogens is 352 g/mol. The Morgan fingerprint density at radius 1 is 0.929 bits per heavy atom. The molecule has 2 amide bonds.